The molecule has 0 heterocycles. The van der Waals surface area contributed by atoms with Gasteiger partial charge >= 0.3 is 0 Å². The summed E-state index contributed by atoms with van der Waals surface area (Å²) in [6.07, 6.45) is 0. The van der Waals surface area contributed by atoms with Crippen molar-refractivity contribution in [2.75, 3.05) is 33.9 Å². The first kappa shape index (κ1) is 13.2. The molecule has 0 radical (unpaired) electrons. The first-order valence-electron chi connectivity index (χ1n) is 5.59. The molecule has 16 heavy (non-hydrogen) atoms. The van der Waals surface area contributed by atoms with Crippen LogP contribution in [-0.2, 0) is 11.3 Å². The maximum atomic E-state index is 9.17. The lowest BCUT2D eigenvalue weighted by molar-refractivity contribution is 0.0524. The van der Waals surface area contributed by atoms with Gasteiger partial charge in [-0.15, -0.1) is 0 Å². The Balaban J connectivity index is 2.23. The Labute approximate surface area is 97.7 Å². The van der Waals surface area contributed by atoms with Crippen LogP contribution in [0.5, 0.6) is 0 Å². The van der Waals surface area contributed by atoms with Crippen LogP contribution in [0, 0.1) is 5.92 Å². The van der Waals surface area contributed by atoms with Gasteiger partial charge in [0.15, 0.2) is 0 Å². The predicted molar refractivity (Wildman–Crippen MR) is 65.2 cm³/mol. The van der Waals surface area contributed by atoms with Crippen molar-refractivity contribution in [3.05, 3.63) is 35.9 Å². The zero-order valence-corrected chi connectivity index (χ0v) is 10.1. The van der Waals surface area contributed by atoms with Crippen molar-refractivity contribution in [3.8, 4) is 0 Å². The fraction of sp³-hybridized carbons (Fsp3) is 0.538. The molecular weight excluding hydrogens is 202 g/mol. The SMILES string of the molecule is CN(C)C[C@H](CO)COCc1ccccc1. The molecule has 0 aliphatic rings. The number of rotatable bonds is 7. The van der Waals surface area contributed by atoms with Crippen molar-refractivity contribution in [1.82, 2.24) is 4.90 Å². The standard InChI is InChI=1S/C13H21NO2/c1-14(2)8-13(9-15)11-16-10-12-6-4-3-5-7-12/h3-7,13,15H,8-11H2,1-2H3/t13-/m1/s1. The monoisotopic (exact) mass is 223 g/mol. The van der Waals surface area contributed by atoms with Crippen molar-refractivity contribution in [2.24, 2.45) is 5.92 Å². The molecule has 1 N–H and O–H groups in total. The van der Waals surface area contributed by atoms with Crippen molar-refractivity contribution in [2.45, 2.75) is 6.61 Å². The Bertz CT molecular complexity index is 275. The molecule has 0 aliphatic heterocycles. The van der Waals surface area contributed by atoms with Crippen LogP contribution in [-0.4, -0.2) is 43.9 Å². The molecule has 1 aromatic carbocycles. The van der Waals surface area contributed by atoms with E-state index < -0.39 is 0 Å². The van der Waals surface area contributed by atoms with Gasteiger partial charge in [0.1, 0.15) is 0 Å². The molecule has 3 nitrogen and oxygen atoms in total. The van der Waals surface area contributed by atoms with E-state index >= 15 is 0 Å². The maximum Gasteiger partial charge on any atom is 0.0717 e. The molecule has 0 saturated carbocycles. The van der Waals surface area contributed by atoms with Gasteiger partial charge < -0.3 is 14.7 Å². The van der Waals surface area contributed by atoms with Crippen LogP contribution in [0.15, 0.2) is 30.3 Å². The number of ether oxygens (including phenoxy) is 1. The van der Waals surface area contributed by atoms with Gasteiger partial charge in [-0.25, -0.2) is 0 Å². The van der Waals surface area contributed by atoms with Gasteiger partial charge in [0.25, 0.3) is 0 Å². The van der Waals surface area contributed by atoms with Crippen LogP contribution in [0.25, 0.3) is 0 Å². The molecule has 0 aliphatic carbocycles. The maximum absolute atomic E-state index is 9.17. The summed E-state index contributed by atoms with van der Waals surface area (Å²) < 4.78 is 5.59. The summed E-state index contributed by atoms with van der Waals surface area (Å²) in [5.74, 6) is 0.193. The molecule has 0 spiro atoms. The minimum absolute atomic E-state index is 0.174. The number of hydrogen-bond acceptors (Lipinski definition) is 3. The molecule has 0 amide bonds. The molecule has 0 unspecified atom stereocenters. The summed E-state index contributed by atoms with van der Waals surface area (Å²) in [6, 6.07) is 10.1. The predicted octanol–water partition coefficient (Wildman–Crippen LogP) is 1.37. The zero-order chi connectivity index (χ0) is 11.8. The highest BCUT2D eigenvalue weighted by Crippen LogP contribution is 2.04. The average molecular weight is 223 g/mol. The minimum Gasteiger partial charge on any atom is -0.396 e. The largest absolute Gasteiger partial charge is 0.396 e. The average Bonchev–Trinajstić information content (AvgIpc) is 2.28. The van der Waals surface area contributed by atoms with Crippen LogP contribution >= 0.6 is 0 Å². The third-order valence-electron chi connectivity index (χ3n) is 2.35. The first-order valence-corrected chi connectivity index (χ1v) is 5.59. The van der Waals surface area contributed by atoms with Crippen molar-refractivity contribution < 1.29 is 9.84 Å². The summed E-state index contributed by atoms with van der Waals surface area (Å²) in [5, 5.41) is 9.17. The molecule has 0 fully saturated rings. The lowest BCUT2D eigenvalue weighted by atomic mass is 10.1. The van der Waals surface area contributed by atoms with Gasteiger partial charge in [0.05, 0.1) is 13.2 Å². The number of aliphatic hydroxyl groups excluding tert-OH is 1. The molecule has 0 bridgehead atoms. The highest BCUT2D eigenvalue weighted by atomic mass is 16.5. The summed E-state index contributed by atoms with van der Waals surface area (Å²) in [4.78, 5) is 2.06. The van der Waals surface area contributed by atoms with Gasteiger partial charge in [0.2, 0.25) is 0 Å². The van der Waals surface area contributed by atoms with E-state index in [2.05, 4.69) is 4.90 Å². The lowest BCUT2D eigenvalue weighted by Gasteiger charge is -2.18. The van der Waals surface area contributed by atoms with E-state index in [9.17, 15) is 0 Å². The van der Waals surface area contributed by atoms with E-state index in [0.29, 0.717) is 13.2 Å². The van der Waals surface area contributed by atoms with E-state index in [1.54, 1.807) is 0 Å². The van der Waals surface area contributed by atoms with E-state index in [0.717, 1.165) is 6.54 Å². The van der Waals surface area contributed by atoms with Gasteiger partial charge in [-0.1, -0.05) is 30.3 Å². The summed E-state index contributed by atoms with van der Waals surface area (Å²) >= 11 is 0. The van der Waals surface area contributed by atoms with Gasteiger partial charge in [-0.3, -0.25) is 0 Å². The van der Waals surface area contributed by atoms with Crippen LogP contribution in [0.2, 0.25) is 0 Å². The highest BCUT2D eigenvalue weighted by molar-refractivity contribution is 5.13. The molecule has 1 aromatic rings. The van der Waals surface area contributed by atoms with Crippen molar-refractivity contribution in [1.29, 1.82) is 0 Å². The highest BCUT2D eigenvalue weighted by Gasteiger charge is 2.08. The molecule has 3 heteroatoms. The fourth-order valence-electron chi connectivity index (χ4n) is 1.60. The zero-order valence-electron chi connectivity index (χ0n) is 10.1. The van der Waals surface area contributed by atoms with Gasteiger partial charge in [0, 0.05) is 19.1 Å². The van der Waals surface area contributed by atoms with Gasteiger partial charge in [-0.05, 0) is 19.7 Å². The van der Waals surface area contributed by atoms with E-state index in [-0.39, 0.29) is 12.5 Å². The molecule has 1 atom stereocenters. The molecule has 1 rings (SSSR count). The smallest absolute Gasteiger partial charge is 0.0717 e. The van der Waals surface area contributed by atoms with Crippen molar-refractivity contribution >= 4 is 0 Å². The topological polar surface area (TPSA) is 32.7 Å². The van der Waals surface area contributed by atoms with E-state index in [1.165, 1.54) is 5.56 Å². The summed E-state index contributed by atoms with van der Waals surface area (Å²) in [6.45, 7) is 2.24. The minimum atomic E-state index is 0.174. The Morgan fingerprint density at radius 2 is 1.94 bits per heavy atom. The number of hydrogen-bond donors (Lipinski definition) is 1. The lowest BCUT2D eigenvalue weighted by Crippen LogP contribution is -2.27. The van der Waals surface area contributed by atoms with Gasteiger partial charge in [-0.2, -0.15) is 0 Å². The summed E-state index contributed by atoms with van der Waals surface area (Å²) in [7, 11) is 4.00. The normalized spacial score (nSPS) is 13.0. The Kier molecular flexibility index (Phi) is 6.08. The molecular formula is C13H21NO2. The summed E-state index contributed by atoms with van der Waals surface area (Å²) in [5.41, 5.74) is 1.17. The molecule has 90 valence electrons. The third-order valence-corrected chi connectivity index (χ3v) is 2.35. The van der Waals surface area contributed by atoms with Crippen LogP contribution < -0.4 is 0 Å². The van der Waals surface area contributed by atoms with Crippen molar-refractivity contribution in [3.63, 3.8) is 0 Å². The van der Waals surface area contributed by atoms with Crippen LogP contribution in [0.1, 0.15) is 5.56 Å². The Morgan fingerprint density at radius 3 is 2.50 bits per heavy atom. The van der Waals surface area contributed by atoms with E-state index in [1.807, 2.05) is 44.4 Å². The van der Waals surface area contributed by atoms with E-state index in [4.69, 9.17) is 9.84 Å². The Hall–Kier alpha value is -0.900. The first-order chi connectivity index (χ1) is 7.72. The molecule has 0 saturated heterocycles. The number of nitrogens with zero attached hydrogens (tertiary/aromatic N) is 1. The molecule has 0 aromatic heterocycles. The second-order valence-electron chi connectivity index (χ2n) is 4.31. The fourth-order valence-corrected chi connectivity index (χ4v) is 1.60. The number of aliphatic hydroxyl groups is 1. The number of benzene rings is 1. The quantitative estimate of drug-likeness (QED) is 0.758. The third kappa shape index (κ3) is 5.26. The van der Waals surface area contributed by atoms with Crippen LogP contribution in [0.3, 0.4) is 0 Å². The Morgan fingerprint density at radius 1 is 1.25 bits per heavy atom. The second-order valence-corrected chi connectivity index (χ2v) is 4.31. The van der Waals surface area contributed by atoms with Crippen LogP contribution in [0.4, 0.5) is 0 Å². The second kappa shape index (κ2) is 7.39.